The Hall–Kier alpha value is -2.84. The average molecular weight is 486 g/mol. The minimum atomic E-state index is -0.629. The third-order valence-corrected chi connectivity index (χ3v) is 6.30. The van der Waals surface area contributed by atoms with E-state index >= 15 is 0 Å². The van der Waals surface area contributed by atoms with E-state index < -0.39 is 18.2 Å². The molecule has 0 unspecified atom stereocenters. The predicted molar refractivity (Wildman–Crippen MR) is 135 cm³/mol. The summed E-state index contributed by atoms with van der Waals surface area (Å²) in [6.45, 7) is 2.12. The van der Waals surface area contributed by atoms with Gasteiger partial charge in [-0.2, -0.15) is 12.6 Å². The van der Waals surface area contributed by atoms with E-state index in [0.29, 0.717) is 17.5 Å². The highest BCUT2D eigenvalue weighted by atomic mass is 32.2. The number of fused-ring (bicyclic) bond motifs is 1. The zero-order chi connectivity index (χ0) is 23.8. The molecule has 0 spiro atoms. The summed E-state index contributed by atoms with van der Waals surface area (Å²) in [6, 6.07) is 18.2. The van der Waals surface area contributed by atoms with Crippen LogP contribution in [-0.2, 0) is 14.3 Å². The van der Waals surface area contributed by atoms with Crippen molar-refractivity contribution < 1.29 is 24.2 Å². The second kappa shape index (κ2) is 11.9. The fourth-order valence-corrected chi connectivity index (χ4v) is 4.03. The number of anilines is 1. The van der Waals surface area contributed by atoms with Crippen molar-refractivity contribution in [2.45, 2.75) is 24.3 Å². The van der Waals surface area contributed by atoms with E-state index in [0.717, 1.165) is 15.8 Å². The topological polar surface area (TPSA) is 84.9 Å². The van der Waals surface area contributed by atoms with Crippen LogP contribution < -0.4 is 5.32 Å². The quantitative estimate of drug-likeness (QED) is 0.194. The zero-order valence-corrected chi connectivity index (χ0v) is 20.2. The third kappa shape index (κ3) is 6.58. The van der Waals surface area contributed by atoms with E-state index in [1.165, 1.54) is 0 Å². The molecular weight excluding hydrogens is 458 g/mol. The molecule has 0 radical (unpaired) electrons. The molecular formula is C25H27NO5S2. The monoisotopic (exact) mass is 485 g/mol. The van der Waals surface area contributed by atoms with Crippen molar-refractivity contribution >= 4 is 52.9 Å². The van der Waals surface area contributed by atoms with Gasteiger partial charge in [0.25, 0.3) is 0 Å². The normalized spacial score (nSPS) is 12.7. The summed E-state index contributed by atoms with van der Waals surface area (Å²) in [7, 11) is 0. The van der Waals surface area contributed by atoms with Crippen molar-refractivity contribution in [1.82, 2.24) is 0 Å². The Labute approximate surface area is 203 Å². The van der Waals surface area contributed by atoms with Crippen molar-refractivity contribution in [3.63, 3.8) is 0 Å². The Bertz CT molecular complexity index is 1100. The van der Waals surface area contributed by atoms with Crippen molar-refractivity contribution in [2.75, 3.05) is 23.9 Å². The molecule has 2 N–H and O–H groups in total. The molecule has 0 aliphatic carbocycles. The van der Waals surface area contributed by atoms with Gasteiger partial charge < -0.3 is 14.6 Å². The van der Waals surface area contributed by atoms with Crippen LogP contribution in [0.2, 0.25) is 0 Å². The first-order valence-corrected chi connectivity index (χ1v) is 12.4. The third-order valence-electron chi connectivity index (χ3n) is 5.29. The molecule has 3 aromatic rings. The molecule has 0 saturated heterocycles. The zero-order valence-electron chi connectivity index (χ0n) is 18.5. The van der Waals surface area contributed by atoms with Crippen LogP contribution in [-0.4, -0.2) is 35.8 Å². The van der Waals surface area contributed by atoms with E-state index in [1.54, 1.807) is 23.9 Å². The Kier molecular flexibility index (Phi) is 8.91. The molecule has 0 aliphatic heterocycles. The summed E-state index contributed by atoms with van der Waals surface area (Å²) in [5.74, 6) is -0.407. The number of benzene rings is 3. The summed E-state index contributed by atoms with van der Waals surface area (Å²) in [5.41, 5.74) is 1.40. The number of hydrogen-bond acceptors (Lipinski definition) is 7. The molecule has 8 heteroatoms. The van der Waals surface area contributed by atoms with Gasteiger partial charge in [0.15, 0.2) is 0 Å². The molecule has 0 bridgehead atoms. The van der Waals surface area contributed by atoms with Crippen LogP contribution in [0.3, 0.4) is 0 Å². The Morgan fingerprint density at radius 2 is 1.76 bits per heavy atom. The lowest BCUT2D eigenvalue weighted by Crippen LogP contribution is -2.23. The van der Waals surface area contributed by atoms with E-state index in [9.17, 15) is 14.7 Å². The molecule has 1 amide bonds. The van der Waals surface area contributed by atoms with E-state index in [-0.39, 0.29) is 24.0 Å². The summed E-state index contributed by atoms with van der Waals surface area (Å²) < 4.78 is 11.1. The maximum Gasteiger partial charge on any atom is 0.412 e. The Morgan fingerprint density at radius 1 is 1.06 bits per heavy atom. The standard InChI is InChI=1S/C25H27NO5S2/c1-16(13-14-30-23(28)15-32)24(21-11-12-22(27)20-6-4-3-5-19(20)21)31-25(29)26-17-7-9-18(33-2)10-8-17/h3-12,16,24,27,32H,13-15H2,1-2H3,(H,26,29)/t16-,24+/m1/s1. The molecule has 3 aromatic carbocycles. The second-order valence-corrected chi connectivity index (χ2v) is 8.74. The molecule has 0 saturated carbocycles. The van der Waals surface area contributed by atoms with Crippen LogP contribution in [0.5, 0.6) is 5.75 Å². The van der Waals surface area contributed by atoms with Crippen molar-refractivity contribution in [3.05, 3.63) is 66.2 Å². The van der Waals surface area contributed by atoms with E-state index in [2.05, 4.69) is 17.9 Å². The predicted octanol–water partition coefficient (Wildman–Crippen LogP) is 6.06. The van der Waals surface area contributed by atoms with Crippen LogP contribution in [0.4, 0.5) is 10.5 Å². The lowest BCUT2D eigenvalue weighted by molar-refractivity contribution is -0.141. The minimum absolute atomic E-state index is 0.00857. The molecule has 0 aromatic heterocycles. The van der Waals surface area contributed by atoms with Gasteiger partial charge in [-0.1, -0.05) is 37.3 Å². The number of thiol groups is 1. The number of thioether (sulfide) groups is 1. The fourth-order valence-electron chi connectivity index (χ4n) is 3.53. The summed E-state index contributed by atoms with van der Waals surface area (Å²) in [6.07, 6.45) is 1.25. The number of ether oxygens (including phenoxy) is 2. The first-order valence-electron chi connectivity index (χ1n) is 10.5. The molecule has 6 nitrogen and oxygen atoms in total. The van der Waals surface area contributed by atoms with Crippen LogP contribution >= 0.6 is 24.4 Å². The largest absolute Gasteiger partial charge is 0.507 e. The molecule has 0 fully saturated rings. The van der Waals surface area contributed by atoms with Gasteiger partial charge in [-0.15, -0.1) is 11.8 Å². The van der Waals surface area contributed by atoms with Crippen LogP contribution in [0.15, 0.2) is 65.6 Å². The first-order chi connectivity index (χ1) is 15.9. The van der Waals surface area contributed by atoms with E-state index in [1.807, 2.05) is 61.7 Å². The molecule has 0 heterocycles. The summed E-state index contributed by atoms with van der Waals surface area (Å²) in [5, 5.41) is 14.5. The minimum Gasteiger partial charge on any atom is -0.507 e. The smallest absolute Gasteiger partial charge is 0.412 e. The second-order valence-electron chi connectivity index (χ2n) is 7.54. The number of phenols is 1. The summed E-state index contributed by atoms with van der Waals surface area (Å²) >= 11 is 5.53. The Morgan fingerprint density at radius 3 is 2.42 bits per heavy atom. The van der Waals surface area contributed by atoms with Gasteiger partial charge in [0.2, 0.25) is 0 Å². The lowest BCUT2D eigenvalue weighted by Gasteiger charge is -2.26. The van der Waals surface area contributed by atoms with Gasteiger partial charge in [-0.05, 0) is 48.4 Å². The number of rotatable bonds is 9. The van der Waals surface area contributed by atoms with Gasteiger partial charge in [-0.25, -0.2) is 4.79 Å². The van der Waals surface area contributed by atoms with Crippen molar-refractivity contribution in [2.24, 2.45) is 5.92 Å². The number of amides is 1. The number of aromatic hydroxyl groups is 1. The number of nitrogens with one attached hydrogen (secondary N) is 1. The van der Waals surface area contributed by atoms with Gasteiger partial charge in [-0.3, -0.25) is 10.1 Å². The SMILES string of the molecule is CSc1ccc(NC(=O)O[C@H](c2ccc(O)c3ccccc23)[C@H](C)CCOC(=O)CS)cc1. The first kappa shape index (κ1) is 24.8. The molecule has 33 heavy (non-hydrogen) atoms. The average Bonchev–Trinajstić information content (AvgIpc) is 2.83. The van der Waals surface area contributed by atoms with Gasteiger partial charge >= 0.3 is 12.1 Å². The number of hydrogen-bond donors (Lipinski definition) is 3. The molecule has 0 aliphatic rings. The number of phenolic OH excluding ortho intramolecular Hbond substituents is 1. The highest BCUT2D eigenvalue weighted by Crippen LogP contribution is 2.37. The van der Waals surface area contributed by atoms with Crippen LogP contribution in [0, 0.1) is 5.92 Å². The summed E-state index contributed by atoms with van der Waals surface area (Å²) in [4.78, 5) is 25.3. The highest BCUT2D eigenvalue weighted by Gasteiger charge is 2.26. The molecule has 2 atom stereocenters. The maximum absolute atomic E-state index is 12.8. The number of carbonyl (C=O) groups excluding carboxylic acids is 2. The van der Waals surface area contributed by atoms with Crippen LogP contribution in [0.1, 0.15) is 25.0 Å². The van der Waals surface area contributed by atoms with Gasteiger partial charge in [0, 0.05) is 27.5 Å². The van der Waals surface area contributed by atoms with Crippen LogP contribution in [0.25, 0.3) is 10.8 Å². The number of esters is 1. The van der Waals surface area contributed by atoms with Crippen molar-refractivity contribution in [1.29, 1.82) is 0 Å². The fraction of sp³-hybridized carbons (Fsp3) is 0.280. The van der Waals surface area contributed by atoms with Gasteiger partial charge in [0.05, 0.1) is 12.4 Å². The lowest BCUT2D eigenvalue weighted by atomic mass is 9.90. The number of carbonyl (C=O) groups is 2. The van der Waals surface area contributed by atoms with Crippen molar-refractivity contribution in [3.8, 4) is 5.75 Å². The highest BCUT2D eigenvalue weighted by molar-refractivity contribution is 7.98. The maximum atomic E-state index is 12.8. The Balaban J connectivity index is 1.84. The molecule has 3 rings (SSSR count). The van der Waals surface area contributed by atoms with Gasteiger partial charge in [0.1, 0.15) is 11.9 Å². The molecule has 174 valence electrons. The van der Waals surface area contributed by atoms with E-state index in [4.69, 9.17) is 9.47 Å².